The highest BCUT2D eigenvalue weighted by Gasteiger charge is 2.04. The number of hydrogen-bond acceptors (Lipinski definition) is 4. The van der Waals surface area contributed by atoms with E-state index in [4.69, 9.17) is 13.9 Å². The summed E-state index contributed by atoms with van der Waals surface area (Å²) >= 11 is 0. The van der Waals surface area contributed by atoms with Crippen molar-refractivity contribution in [3.63, 3.8) is 0 Å². The van der Waals surface area contributed by atoms with Crippen LogP contribution in [-0.2, 0) is 11.3 Å². The molecule has 0 radical (unpaired) electrons. The van der Waals surface area contributed by atoms with Crippen LogP contribution in [0.2, 0.25) is 0 Å². The molecule has 5 nitrogen and oxygen atoms in total. The first-order valence-corrected chi connectivity index (χ1v) is 6.42. The van der Waals surface area contributed by atoms with E-state index in [-0.39, 0.29) is 12.5 Å². The van der Waals surface area contributed by atoms with Gasteiger partial charge in [-0.2, -0.15) is 0 Å². The molecule has 0 unspecified atom stereocenters. The van der Waals surface area contributed by atoms with Crippen molar-refractivity contribution < 1.29 is 18.7 Å². The molecule has 0 fully saturated rings. The van der Waals surface area contributed by atoms with Crippen LogP contribution >= 0.6 is 0 Å². The van der Waals surface area contributed by atoms with Gasteiger partial charge in [-0.3, -0.25) is 4.79 Å². The summed E-state index contributed by atoms with van der Waals surface area (Å²) in [5.74, 6) is 1.92. The maximum absolute atomic E-state index is 11.6. The van der Waals surface area contributed by atoms with E-state index in [9.17, 15) is 4.79 Å². The van der Waals surface area contributed by atoms with Gasteiger partial charge in [-0.1, -0.05) is 0 Å². The number of nitrogens with one attached hydrogen (secondary N) is 1. The molecule has 1 aromatic heterocycles. The summed E-state index contributed by atoms with van der Waals surface area (Å²) < 4.78 is 15.8. The summed E-state index contributed by atoms with van der Waals surface area (Å²) in [6, 6.07) is 10.7. The zero-order valence-electron chi connectivity index (χ0n) is 11.3. The van der Waals surface area contributed by atoms with E-state index in [2.05, 4.69) is 5.32 Å². The van der Waals surface area contributed by atoms with Crippen molar-refractivity contribution in [2.75, 3.05) is 13.2 Å². The highest BCUT2D eigenvalue weighted by atomic mass is 16.5. The van der Waals surface area contributed by atoms with Crippen molar-refractivity contribution >= 4 is 5.91 Å². The van der Waals surface area contributed by atoms with Crippen molar-refractivity contribution in [3.8, 4) is 11.5 Å². The zero-order chi connectivity index (χ0) is 14.2. The van der Waals surface area contributed by atoms with Crippen LogP contribution in [0.5, 0.6) is 11.5 Å². The lowest BCUT2D eigenvalue weighted by Gasteiger charge is -2.07. The van der Waals surface area contributed by atoms with Gasteiger partial charge in [0.25, 0.3) is 5.91 Å². The topological polar surface area (TPSA) is 60.7 Å². The Labute approximate surface area is 117 Å². The molecule has 0 aliphatic rings. The zero-order valence-corrected chi connectivity index (χ0v) is 11.3. The molecule has 0 saturated heterocycles. The number of benzene rings is 1. The van der Waals surface area contributed by atoms with Gasteiger partial charge in [0.15, 0.2) is 6.61 Å². The lowest BCUT2D eigenvalue weighted by atomic mass is 10.3. The third-order valence-electron chi connectivity index (χ3n) is 2.54. The molecule has 2 aromatic rings. The molecule has 20 heavy (non-hydrogen) atoms. The monoisotopic (exact) mass is 275 g/mol. The van der Waals surface area contributed by atoms with Crippen LogP contribution in [0.3, 0.4) is 0 Å². The molecule has 1 aromatic carbocycles. The Bertz CT molecular complexity index is 519. The van der Waals surface area contributed by atoms with E-state index >= 15 is 0 Å². The second-order valence-corrected chi connectivity index (χ2v) is 4.05. The molecule has 106 valence electrons. The maximum Gasteiger partial charge on any atom is 0.258 e. The Morgan fingerprint density at radius 2 is 1.85 bits per heavy atom. The van der Waals surface area contributed by atoms with E-state index in [0.717, 1.165) is 5.75 Å². The summed E-state index contributed by atoms with van der Waals surface area (Å²) in [7, 11) is 0. The van der Waals surface area contributed by atoms with Crippen molar-refractivity contribution in [1.29, 1.82) is 0 Å². The molecular weight excluding hydrogens is 258 g/mol. The Balaban J connectivity index is 1.72. The van der Waals surface area contributed by atoms with Gasteiger partial charge in [-0.25, -0.2) is 0 Å². The predicted molar refractivity (Wildman–Crippen MR) is 73.7 cm³/mol. The molecule has 0 bridgehead atoms. The van der Waals surface area contributed by atoms with Crippen LogP contribution in [0.15, 0.2) is 47.1 Å². The quantitative estimate of drug-likeness (QED) is 0.842. The van der Waals surface area contributed by atoms with E-state index < -0.39 is 0 Å². The van der Waals surface area contributed by atoms with Gasteiger partial charge in [0.1, 0.15) is 17.3 Å². The third kappa shape index (κ3) is 4.35. The van der Waals surface area contributed by atoms with Gasteiger partial charge < -0.3 is 19.2 Å². The Kier molecular flexibility index (Phi) is 5.06. The average Bonchev–Trinajstić information content (AvgIpc) is 2.98. The first-order chi connectivity index (χ1) is 9.78. The maximum atomic E-state index is 11.6. The van der Waals surface area contributed by atoms with Crippen molar-refractivity contribution in [3.05, 3.63) is 48.4 Å². The van der Waals surface area contributed by atoms with Crippen molar-refractivity contribution in [2.45, 2.75) is 13.5 Å². The molecule has 5 heteroatoms. The minimum absolute atomic E-state index is 0.0330. The predicted octanol–water partition coefficient (Wildman–Crippen LogP) is 2.37. The molecule has 2 rings (SSSR count). The fourth-order valence-electron chi connectivity index (χ4n) is 1.60. The van der Waals surface area contributed by atoms with Gasteiger partial charge in [-0.15, -0.1) is 0 Å². The van der Waals surface area contributed by atoms with Crippen LogP contribution < -0.4 is 14.8 Å². The summed E-state index contributed by atoms with van der Waals surface area (Å²) in [5, 5.41) is 2.70. The fourth-order valence-corrected chi connectivity index (χ4v) is 1.60. The molecule has 0 saturated carbocycles. The van der Waals surface area contributed by atoms with Crippen LogP contribution in [0.25, 0.3) is 0 Å². The second kappa shape index (κ2) is 7.23. The Morgan fingerprint density at radius 3 is 2.45 bits per heavy atom. The average molecular weight is 275 g/mol. The number of carbonyl (C=O) groups is 1. The van der Waals surface area contributed by atoms with Crippen molar-refractivity contribution in [2.24, 2.45) is 0 Å². The largest absolute Gasteiger partial charge is 0.494 e. The van der Waals surface area contributed by atoms with Crippen LogP contribution in [0, 0.1) is 0 Å². The van der Waals surface area contributed by atoms with E-state index in [1.165, 1.54) is 0 Å². The molecule has 1 heterocycles. The highest BCUT2D eigenvalue weighted by Crippen LogP contribution is 2.17. The van der Waals surface area contributed by atoms with Gasteiger partial charge in [0.05, 0.1) is 19.4 Å². The molecule has 0 spiro atoms. The number of amides is 1. The van der Waals surface area contributed by atoms with E-state index in [0.29, 0.717) is 24.7 Å². The Morgan fingerprint density at radius 1 is 1.15 bits per heavy atom. The number of carbonyl (C=O) groups excluding carboxylic acids is 1. The third-order valence-corrected chi connectivity index (χ3v) is 2.54. The van der Waals surface area contributed by atoms with Gasteiger partial charge in [0, 0.05) is 0 Å². The summed E-state index contributed by atoms with van der Waals surface area (Å²) in [5.41, 5.74) is 0. The minimum Gasteiger partial charge on any atom is -0.494 e. The number of rotatable bonds is 7. The fraction of sp³-hybridized carbons (Fsp3) is 0.267. The van der Waals surface area contributed by atoms with Gasteiger partial charge >= 0.3 is 0 Å². The van der Waals surface area contributed by atoms with E-state index in [1.54, 1.807) is 42.7 Å². The lowest BCUT2D eigenvalue weighted by molar-refractivity contribution is -0.123. The van der Waals surface area contributed by atoms with Gasteiger partial charge in [0.2, 0.25) is 0 Å². The standard InChI is InChI=1S/C15H17NO4/c1-2-18-12-5-7-13(8-6-12)20-11-15(17)16-10-14-4-3-9-19-14/h3-9H,2,10-11H2,1H3,(H,16,17). The molecule has 0 atom stereocenters. The van der Waals surface area contributed by atoms with Crippen LogP contribution in [0.1, 0.15) is 12.7 Å². The van der Waals surface area contributed by atoms with Crippen LogP contribution in [-0.4, -0.2) is 19.1 Å². The molecule has 0 aliphatic carbocycles. The normalized spacial score (nSPS) is 10.1. The SMILES string of the molecule is CCOc1ccc(OCC(=O)NCc2ccco2)cc1. The number of ether oxygens (including phenoxy) is 2. The van der Waals surface area contributed by atoms with Gasteiger partial charge in [-0.05, 0) is 43.3 Å². The molecule has 1 N–H and O–H groups in total. The highest BCUT2D eigenvalue weighted by molar-refractivity contribution is 5.77. The Hall–Kier alpha value is -2.43. The number of furan rings is 1. The summed E-state index contributed by atoms with van der Waals surface area (Å²) in [6.45, 7) is 2.87. The number of hydrogen-bond donors (Lipinski definition) is 1. The van der Waals surface area contributed by atoms with E-state index in [1.807, 2.05) is 6.92 Å². The second-order valence-electron chi connectivity index (χ2n) is 4.05. The molecular formula is C15H17NO4. The lowest BCUT2D eigenvalue weighted by Crippen LogP contribution is -2.28. The first kappa shape index (κ1) is 14.0. The van der Waals surface area contributed by atoms with Crippen molar-refractivity contribution in [1.82, 2.24) is 5.32 Å². The first-order valence-electron chi connectivity index (χ1n) is 6.42. The summed E-state index contributed by atoms with van der Waals surface area (Å²) in [4.78, 5) is 11.6. The minimum atomic E-state index is -0.199. The summed E-state index contributed by atoms with van der Waals surface area (Å²) in [6.07, 6.45) is 1.57. The molecule has 0 aliphatic heterocycles. The van der Waals surface area contributed by atoms with Crippen LogP contribution in [0.4, 0.5) is 0 Å². The molecule has 1 amide bonds. The smallest absolute Gasteiger partial charge is 0.258 e.